The molecule has 162 valence electrons. The summed E-state index contributed by atoms with van der Waals surface area (Å²) in [6.07, 6.45) is 3.41. The molecule has 0 unspecified atom stereocenters. The lowest BCUT2D eigenvalue weighted by molar-refractivity contribution is -0.142. The Balaban J connectivity index is 2.04. The van der Waals surface area contributed by atoms with Gasteiger partial charge in [0, 0.05) is 14.2 Å². The first-order valence-electron chi connectivity index (χ1n) is 10.2. The summed E-state index contributed by atoms with van der Waals surface area (Å²) >= 11 is 0. The number of esters is 1. The van der Waals surface area contributed by atoms with E-state index in [1.54, 1.807) is 41.8 Å². The van der Waals surface area contributed by atoms with Gasteiger partial charge in [0.15, 0.2) is 5.82 Å². The second-order valence-corrected chi connectivity index (χ2v) is 7.78. The van der Waals surface area contributed by atoms with Crippen LogP contribution < -0.4 is 0 Å². The van der Waals surface area contributed by atoms with Crippen molar-refractivity contribution in [3.63, 3.8) is 0 Å². The number of methoxy groups -OCH3 is 1. The number of amides is 1. The van der Waals surface area contributed by atoms with Crippen LogP contribution in [0.4, 0.5) is 0 Å². The number of nitrogens with zero attached hydrogens (tertiary/aromatic N) is 5. The maximum absolute atomic E-state index is 12.7. The van der Waals surface area contributed by atoms with Crippen molar-refractivity contribution in [1.29, 1.82) is 0 Å². The lowest BCUT2D eigenvalue weighted by Gasteiger charge is -2.44. The molecule has 0 atom stereocenters. The van der Waals surface area contributed by atoms with Crippen LogP contribution in [0.3, 0.4) is 0 Å². The van der Waals surface area contributed by atoms with Gasteiger partial charge in [0.1, 0.15) is 12.1 Å². The van der Waals surface area contributed by atoms with Crippen LogP contribution in [-0.4, -0.2) is 64.4 Å². The Morgan fingerprint density at radius 1 is 1.30 bits per heavy atom. The molecule has 2 aromatic rings. The number of carbonyl (C=O) groups is 2. The Labute approximate surface area is 176 Å². The van der Waals surface area contributed by atoms with E-state index < -0.39 is 11.5 Å². The fourth-order valence-electron chi connectivity index (χ4n) is 4.04. The summed E-state index contributed by atoms with van der Waals surface area (Å²) in [7, 11) is 3.29. The van der Waals surface area contributed by atoms with Crippen LogP contribution in [-0.2, 0) is 19.8 Å². The number of ether oxygens (including phenoxy) is 2. The van der Waals surface area contributed by atoms with Crippen molar-refractivity contribution in [2.75, 3.05) is 27.4 Å². The van der Waals surface area contributed by atoms with Crippen LogP contribution in [0.25, 0.3) is 5.69 Å². The van der Waals surface area contributed by atoms with Crippen LogP contribution in [0.1, 0.15) is 55.7 Å². The first-order chi connectivity index (χ1) is 14.4. The van der Waals surface area contributed by atoms with Gasteiger partial charge in [0.05, 0.1) is 17.9 Å². The van der Waals surface area contributed by atoms with Gasteiger partial charge in [-0.05, 0) is 67.2 Å². The van der Waals surface area contributed by atoms with E-state index in [0.717, 1.165) is 25.7 Å². The molecule has 1 aliphatic carbocycles. The summed E-state index contributed by atoms with van der Waals surface area (Å²) in [6, 6.07) is 6.99. The maximum Gasteiger partial charge on any atom is 0.338 e. The van der Waals surface area contributed by atoms with Crippen LogP contribution in [0, 0.1) is 5.92 Å². The molecule has 3 rings (SSSR count). The molecule has 0 bridgehead atoms. The number of rotatable bonds is 7. The summed E-state index contributed by atoms with van der Waals surface area (Å²) in [5.74, 6) is 0.632. The number of tetrazole rings is 1. The Kier molecular flexibility index (Phi) is 6.81. The highest BCUT2D eigenvalue weighted by atomic mass is 16.5. The second kappa shape index (κ2) is 9.34. The van der Waals surface area contributed by atoms with Crippen LogP contribution in [0.5, 0.6) is 0 Å². The summed E-state index contributed by atoms with van der Waals surface area (Å²) in [4.78, 5) is 26.6. The monoisotopic (exact) mass is 415 g/mol. The molecule has 9 nitrogen and oxygen atoms in total. The van der Waals surface area contributed by atoms with E-state index in [0.29, 0.717) is 29.6 Å². The van der Waals surface area contributed by atoms with Gasteiger partial charge in [0.2, 0.25) is 5.91 Å². The van der Waals surface area contributed by atoms with Crippen molar-refractivity contribution in [2.24, 2.45) is 5.92 Å². The predicted molar refractivity (Wildman–Crippen MR) is 109 cm³/mol. The van der Waals surface area contributed by atoms with E-state index in [9.17, 15) is 9.59 Å². The van der Waals surface area contributed by atoms with E-state index in [2.05, 4.69) is 22.4 Å². The third-order valence-corrected chi connectivity index (χ3v) is 5.87. The van der Waals surface area contributed by atoms with Gasteiger partial charge >= 0.3 is 5.97 Å². The van der Waals surface area contributed by atoms with Crippen LogP contribution in [0.2, 0.25) is 0 Å². The quantitative estimate of drug-likeness (QED) is 0.640. The molecule has 0 aliphatic heterocycles. The van der Waals surface area contributed by atoms with Gasteiger partial charge in [-0.25, -0.2) is 4.79 Å². The van der Waals surface area contributed by atoms with E-state index >= 15 is 0 Å². The third-order valence-electron chi connectivity index (χ3n) is 5.87. The molecule has 0 saturated heterocycles. The highest BCUT2D eigenvalue weighted by Crippen LogP contribution is 2.43. The molecule has 1 aromatic carbocycles. The van der Waals surface area contributed by atoms with E-state index in [1.807, 2.05) is 6.07 Å². The largest absolute Gasteiger partial charge is 0.462 e. The number of aromatic nitrogens is 4. The van der Waals surface area contributed by atoms with Crippen LogP contribution in [0.15, 0.2) is 24.3 Å². The molecular weight excluding hydrogens is 386 g/mol. The molecule has 1 aromatic heterocycles. The van der Waals surface area contributed by atoms with Gasteiger partial charge in [-0.3, -0.25) is 4.79 Å². The SMILES string of the molecule is CCOC(=O)c1cccc(-n2nnnc2C2(N(C)C(=O)COC)CCC(C)CC2)c1. The molecule has 1 aliphatic rings. The van der Waals surface area contributed by atoms with Crippen molar-refractivity contribution >= 4 is 11.9 Å². The summed E-state index contributed by atoms with van der Waals surface area (Å²) in [5.41, 5.74) is 0.419. The van der Waals surface area contributed by atoms with Crippen molar-refractivity contribution in [3.05, 3.63) is 35.7 Å². The Hall–Kier alpha value is -2.81. The van der Waals surface area contributed by atoms with Crippen molar-refractivity contribution < 1.29 is 19.1 Å². The normalized spacial score (nSPS) is 21.3. The zero-order chi connectivity index (χ0) is 21.7. The highest BCUT2D eigenvalue weighted by Gasteiger charge is 2.46. The topological polar surface area (TPSA) is 99.4 Å². The summed E-state index contributed by atoms with van der Waals surface area (Å²) in [5, 5.41) is 12.4. The van der Waals surface area contributed by atoms with Crippen molar-refractivity contribution in [2.45, 2.75) is 45.1 Å². The lowest BCUT2D eigenvalue weighted by Crippen LogP contribution is -2.51. The van der Waals surface area contributed by atoms with Gasteiger partial charge in [-0.1, -0.05) is 13.0 Å². The minimum absolute atomic E-state index is 0.00624. The van der Waals surface area contributed by atoms with E-state index in [4.69, 9.17) is 9.47 Å². The molecular formula is C21H29N5O4. The number of likely N-dealkylation sites (N-methyl/N-ethyl adjacent to an activating group) is 1. The average molecular weight is 415 g/mol. The predicted octanol–water partition coefficient (Wildman–Crippen LogP) is 2.35. The standard InChI is InChI=1S/C21H29N5O4/c1-5-30-19(28)16-7-6-8-17(13-16)26-20(22-23-24-26)21(11-9-15(2)10-12-21)25(3)18(27)14-29-4/h6-8,13,15H,5,9-12,14H2,1-4H3. The average Bonchev–Trinajstić information content (AvgIpc) is 3.25. The zero-order valence-electron chi connectivity index (χ0n) is 18.0. The lowest BCUT2D eigenvalue weighted by atomic mass is 9.75. The van der Waals surface area contributed by atoms with E-state index in [-0.39, 0.29) is 12.5 Å². The number of hydrogen-bond acceptors (Lipinski definition) is 7. The number of hydrogen-bond donors (Lipinski definition) is 0. The fraction of sp³-hybridized carbons (Fsp3) is 0.571. The maximum atomic E-state index is 12.7. The van der Waals surface area contributed by atoms with Gasteiger partial charge in [-0.15, -0.1) is 5.10 Å². The Morgan fingerprint density at radius 2 is 2.03 bits per heavy atom. The molecule has 0 radical (unpaired) electrons. The third kappa shape index (κ3) is 4.21. The number of benzene rings is 1. The van der Waals surface area contributed by atoms with Gasteiger partial charge in [0.25, 0.3) is 0 Å². The smallest absolute Gasteiger partial charge is 0.338 e. The molecule has 0 spiro atoms. The zero-order valence-corrected chi connectivity index (χ0v) is 18.0. The molecule has 1 heterocycles. The van der Waals surface area contributed by atoms with E-state index in [1.165, 1.54) is 7.11 Å². The molecule has 9 heteroatoms. The summed E-state index contributed by atoms with van der Waals surface area (Å²) < 4.78 is 11.8. The first kappa shape index (κ1) is 21.9. The molecule has 30 heavy (non-hydrogen) atoms. The fourth-order valence-corrected chi connectivity index (χ4v) is 4.04. The molecule has 1 saturated carbocycles. The summed E-state index contributed by atoms with van der Waals surface area (Å²) in [6.45, 7) is 4.27. The van der Waals surface area contributed by atoms with Gasteiger partial charge < -0.3 is 14.4 Å². The minimum Gasteiger partial charge on any atom is -0.462 e. The highest BCUT2D eigenvalue weighted by molar-refractivity contribution is 5.90. The number of carbonyl (C=O) groups excluding carboxylic acids is 2. The van der Waals surface area contributed by atoms with Crippen molar-refractivity contribution in [1.82, 2.24) is 25.1 Å². The minimum atomic E-state index is -0.647. The molecule has 0 N–H and O–H groups in total. The van der Waals surface area contributed by atoms with Crippen molar-refractivity contribution in [3.8, 4) is 5.69 Å². The first-order valence-corrected chi connectivity index (χ1v) is 10.2. The van der Waals surface area contributed by atoms with Gasteiger partial charge in [-0.2, -0.15) is 4.68 Å². The van der Waals surface area contributed by atoms with Crippen LogP contribution >= 0.6 is 0 Å². The Morgan fingerprint density at radius 3 is 2.70 bits per heavy atom. The second-order valence-electron chi connectivity index (χ2n) is 7.78. The Bertz CT molecular complexity index is 889. The molecule has 1 amide bonds. The molecule has 1 fully saturated rings.